The van der Waals surface area contributed by atoms with E-state index in [0.29, 0.717) is 6.42 Å². The zero-order chi connectivity index (χ0) is 24.6. The summed E-state index contributed by atoms with van der Waals surface area (Å²) in [5.41, 5.74) is 1.93. The number of ether oxygens (including phenoxy) is 2. The maximum absolute atomic E-state index is 12.2. The standard InChI is InChI=1S/C27H35NO5/c1-26(2,3)32-24(31)18-28-25(33-27(4,5)6)22(17-23(29)30)16-19-12-14-21(15-13-19)20-10-8-7-9-11-20/h7-15,22H,16-18H2,1-6H3,(H,29,30)/t22-/m1/s1. The van der Waals surface area contributed by atoms with Crippen molar-refractivity contribution in [1.29, 1.82) is 0 Å². The van der Waals surface area contributed by atoms with E-state index in [4.69, 9.17) is 9.47 Å². The molecule has 6 nitrogen and oxygen atoms in total. The lowest BCUT2D eigenvalue weighted by molar-refractivity contribution is -0.152. The van der Waals surface area contributed by atoms with E-state index in [1.165, 1.54) is 0 Å². The summed E-state index contributed by atoms with van der Waals surface area (Å²) in [4.78, 5) is 28.2. The van der Waals surface area contributed by atoms with Gasteiger partial charge in [-0.05, 0) is 64.7 Å². The Bertz CT molecular complexity index is 951. The molecule has 0 aliphatic carbocycles. The molecule has 1 atom stereocenters. The first-order valence-corrected chi connectivity index (χ1v) is 11.1. The minimum atomic E-state index is -0.955. The fourth-order valence-corrected chi connectivity index (χ4v) is 3.28. The second-order valence-electron chi connectivity index (χ2n) is 10.0. The SMILES string of the molecule is CC(C)(C)OC(=O)CN=C(OC(C)(C)C)[C@@H](CC(=O)O)Cc1ccc(-c2ccccc2)cc1. The Morgan fingerprint density at radius 1 is 0.848 bits per heavy atom. The number of nitrogens with zero attached hydrogens (tertiary/aromatic N) is 1. The van der Waals surface area contributed by atoms with Crippen LogP contribution < -0.4 is 0 Å². The van der Waals surface area contributed by atoms with E-state index in [0.717, 1.165) is 16.7 Å². The molecule has 33 heavy (non-hydrogen) atoms. The van der Waals surface area contributed by atoms with Crippen LogP contribution in [-0.2, 0) is 25.5 Å². The fourth-order valence-electron chi connectivity index (χ4n) is 3.28. The van der Waals surface area contributed by atoms with Crippen molar-refractivity contribution < 1.29 is 24.2 Å². The number of carboxylic acids is 1. The molecule has 0 unspecified atom stereocenters. The highest BCUT2D eigenvalue weighted by molar-refractivity contribution is 5.86. The summed E-state index contributed by atoms with van der Waals surface area (Å²) in [6.07, 6.45) is 0.258. The van der Waals surface area contributed by atoms with Crippen LogP contribution in [-0.4, -0.2) is 40.7 Å². The first kappa shape index (κ1) is 26.1. The molecule has 2 aromatic rings. The molecule has 178 valence electrons. The predicted octanol–water partition coefficient (Wildman–Crippen LogP) is 5.54. The number of hydrogen-bond acceptors (Lipinski definition) is 5. The molecule has 1 N–H and O–H groups in total. The van der Waals surface area contributed by atoms with E-state index in [-0.39, 0.29) is 18.9 Å². The summed E-state index contributed by atoms with van der Waals surface area (Å²) in [6, 6.07) is 18.0. The highest BCUT2D eigenvalue weighted by Gasteiger charge is 2.27. The number of carbonyl (C=O) groups is 2. The van der Waals surface area contributed by atoms with Crippen LogP contribution in [0.5, 0.6) is 0 Å². The first-order chi connectivity index (χ1) is 15.3. The Morgan fingerprint density at radius 2 is 1.39 bits per heavy atom. The van der Waals surface area contributed by atoms with Crippen LogP contribution in [0.1, 0.15) is 53.5 Å². The summed E-state index contributed by atoms with van der Waals surface area (Å²) in [6.45, 7) is 10.7. The summed E-state index contributed by atoms with van der Waals surface area (Å²) < 4.78 is 11.4. The van der Waals surface area contributed by atoms with Gasteiger partial charge in [0.15, 0.2) is 5.90 Å². The molecule has 0 bridgehead atoms. The van der Waals surface area contributed by atoms with Gasteiger partial charge in [-0.2, -0.15) is 0 Å². The van der Waals surface area contributed by atoms with Gasteiger partial charge in [-0.1, -0.05) is 54.6 Å². The first-order valence-electron chi connectivity index (χ1n) is 11.1. The Kier molecular flexibility index (Phi) is 8.80. The summed E-state index contributed by atoms with van der Waals surface area (Å²) in [5, 5.41) is 9.53. The molecule has 0 radical (unpaired) electrons. The number of esters is 1. The Balaban J connectivity index is 2.27. The van der Waals surface area contributed by atoms with Crippen molar-refractivity contribution in [1.82, 2.24) is 0 Å². The third kappa shape index (κ3) is 9.89. The van der Waals surface area contributed by atoms with Gasteiger partial charge < -0.3 is 14.6 Å². The lowest BCUT2D eigenvalue weighted by Gasteiger charge is -2.27. The molecule has 2 aromatic carbocycles. The smallest absolute Gasteiger partial charge is 0.328 e. The van der Waals surface area contributed by atoms with E-state index in [2.05, 4.69) is 4.99 Å². The third-order valence-corrected chi connectivity index (χ3v) is 4.51. The molecule has 0 saturated carbocycles. The monoisotopic (exact) mass is 453 g/mol. The minimum Gasteiger partial charge on any atom is -0.481 e. The van der Waals surface area contributed by atoms with Gasteiger partial charge in [0, 0.05) is 5.92 Å². The lowest BCUT2D eigenvalue weighted by atomic mass is 9.94. The quantitative estimate of drug-likeness (QED) is 0.322. The van der Waals surface area contributed by atoms with Crippen LogP contribution in [0.25, 0.3) is 11.1 Å². The number of aliphatic carboxylic acids is 1. The molecule has 0 amide bonds. The van der Waals surface area contributed by atoms with Crippen LogP contribution in [0.15, 0.2) is 59.6 Å². The summed E-state index contributed by atoms with van der Waals surface area (Å²) in [7, 11) is 0. The number of aliphatic imine (C=N–C) groups is 1. The molecule has 0 aliphatic rings. The Labute approximate surface area is 196 Å². The van der Waals surface area contributed by atoms with Gasteiger partial charge in [-0.15, -0.1) is 0 Å². The van der Waals surface area contributed by atoms with Crippen molar-refractivity contribution in [2.24, 2.45) is 10.9 Å². The van der Waals surface area contributed by atoms with Crippen LogP contribution in [0.3, 0.4) is 0 Å². The fraction of sp³-hybridized carbons (Fsp3) is 0.444. The van der Waals surface area contributed by atoms with Gasteiger partial charge in [0.05, 0.1) is 6.42 Å². The average molecular weight is 454 g/mol. The number of carboxylic acid groups (broad SMARTS) is 1. The number of hydrogen-bond donors (Lipinski definition) is 1. The Morgan fingerprint density at radius 3 is 1.91 bits per heavy atom. The van der Waals surface area contributed by atoms with E-state index >= 15 is 0 Å². The molecule has 6 heteroatoms. The van der Waals surface area contributed by atoms with Crippen molar-refractivity contribution in [3.8, 4) is 11.1 Å². The van der Waals surface area contributed by atoms with Crippen molar-refractivity contribution in [3.63, 3.8) is 0 Å². The summed E-state index contributed by atoms with van der Waals surface area (Å²) >= 11 is 0. The van der Waals surface area contributed by atoms with Gasteiger partial charge in [0.25, 0.3) is 0 Å². The zero-order valence-corrected chi connectivity index (χ0v) is 20.4. The summed E-state index contributed by atoms with van der Waals surface area (Å²) in [5.74, 6) is -1.71. The molecular weight excluding hydrogens is 418 g/mol. The average Bonchev–Trinajstić information content (AvgIpc) is 2.69. The predicted molar refractivity (Wildman–Crippen MR) is 130 cm³/mol. The van der Waals surface area contributed by atoms with Crippen LogP contribution in [0.2, 0.25) is 0 Å². The highest BCUT2D eigenvalue weighted by atomic mass is 16.6. The maximum Gasteiger partial charge on any atom is 0.328 e. The van der Waals surface area contributed by atoms with Crippen molar-refractivity contribution in [2.45, 2.75) is 65.6 Å². The number of rotatable bonds is 8. The van der Waals surface area contributed by atoms with Gasteiger partial charge in [0.2, 0.25) is 0 Å². The molecular formula is C27H35NO5. The van der Waals surface area contributed by atoms with Gasteiger partial charge in [-0.3, -0.25) is 9.59 Å². The molecule has 0 aromatic heterocycles. The zero-order valence-electron chi connectivity index (χ0n) is 20.4. The maximum atomic E-state index is 12.2. The lowest BCUT2D eigenvalue weighted by Crippen LogP contribution is -2.32. The van der Waals surface area contributed by atoms with Crippen LogP contribution >= 0.6 is 0 Å². The molecule has 2 rings (SSSR count). The number of benzene rings is 2. The molecule has 0 fully saturated rings. The van der Waals surface area contributed by atoms with Crippen molar-refractivity contribution >= 4 is 17.8 Å². The van der Waals surface area contributed by atoms with E-state index in [1.807, 2.05) is 75.4 Å². The topological polar surface area (TPSA) is 85.2 Å². The molecule has 0 spiro atoms. The van der Waals surface area contributed by atoms with E-state index in [1.54, 1.807) is 20.8 Å². The second kappa shape index (κ2) is 11.1. The normalized spacial score (nSPS) is 13.3. The highest BCUT2D eigenvalue weighted by Crippen LogP contribution is 2.23. The van der Waals surface area contributed by atoms with Crippen molar-refractivity contribution in [2.75, 3.05) is 6.54 Å². The van der Waals surface area contributed by atoms with Gasteiger partial charge >= 0.3 is 11.9 Å². The second-order valence-corrected chi connectivity index (χ2v) is 10.0. The van der Waals surface area contributed by atoms with Crippen molar-refractivity contribution in [3.05, 3.63) is 60.2 Å². The van der Waals surface area contributed by atoms with E-state index in [9.17, 15) is 14.7 Å². The Hall–Kier alpha value is -3.15. The largest absolute Gasteiger partial charge is 0.481 e. The third-order valence-electron chi connectivity index (χ3n) is 4.51. The molecule has 0 aliphatic heterocycles. The van der Waals surface area contributed by atoms with Gasteiger partial charge in [0.1, 0.15) is 17.7 Å². The van der Waals surface area contributed by atoms with Crippen LogP contribution in [0, 0.1) is 5.92 Å². The minimum absolute atomic E-state index is 0.163. The molecule has 0 heterocycles. The van der Waals surface area contributed by atoms with Gasteiger partial charge in [-0.25, -0.2) is 4.99 Å². The molecule has 0 saturated heterocycles. The number of carbonyl (C=O) groups excluding carboxylic acids is 1. The van der Waals surface area contributed by atoms with E-state index < -0.39 is 29.1 Å². The van der Waals surface area contributed by atoms with Crippen LogP contribution in [0.4, 0.5) is 0 Å².